The molecule has 49 heavy (non-hydrogen) atoms. The molecule has 0 saturated heterocycles. The number of rotatable bonds is 40. The Morgan fingerprint density at radius 1 is 0.408 bits per heavy atom. The maximum atomic E-state index is 12.4. The summed E-state index contributed by atoms with van der Waals surface area (Å²) in [6.07, 6.45) is 41.2. The molecule has 6 heteroatoms. The summed E-state index contributed by atoms with van der Waals surface area (Å²) in [6.45, 7) is 8.05. The minimum Gasteiger partial charge on any atom is -0.391 e. The highest BCUT2D eigenvalue weighted by molar-refractivity contribution is 5.76. The second-order valence-corrected chi connectivity index (χ2v) is 15.6. The van der Waals surface area contributed by atoms with Crippen molar-refractivity contribution in [1.29, 1.82) is 0 Å². The quantitative estimate of drug-likeness (QED) is 0.0441. The highest BCUT2D eigenvalue weighted by atomic mass is 16.3. The van der Waals surface area contributed by atoms with Gasteiger partial charge in [-0.3, -0.25) is 9.59 Å². The van der Waals surface area contributed by atoms with Crippen LogP contribution in [-0.4, -0.2) is 67.8 Å². The van der Waals surface area contributed by atoms with E-state index in [1.807, 2.05) is 0 Å². The second-order valence-electron chi connectivity index (χ2n) is 15.6. The first kappa shape index (κ1) is 47.9. The van der Waals surface area contributed by atoms with Crippen LogP contribution in [0.15, 0.2) is 0 Å². The van der Waals surface area contributed by atoms with Gasteiger partial charge in [0.05, 0.1) is 39.8 Å². The average Bonchev–Trinajstić information content (AvgIpc) is 3.08. The molecule has 6 nitrogen and oxygen atoms in total. The SMILES string of the molecule is CCCCCCCCCCCCCCCCCC(=O)NCC[N+](C)(CCO)CCNC(=O)CCCCCCCCCCCCCCCCC. The molecule has 0 fully saturated rings. The number of nitrogens with one attached hydrogen (secondary N) is 2. The summed E-state index contributed by atoms with van der Waals surface area (Å²) < 4.78 is 0.648. The molecule has 0 aliphatic heterocycles. The lowest BCUT2D eigenvalue weighted by Crippen LogP contribution is -2.53. The Bertz CT molecular complexity index is 650. The molecule has 0 atom stereocenters. The number of carbonyl (C=O) groups is 2. The van der Waals surface area contributed by atoms with Crippen molar-refractivity contribution < 1.29 is 19.2 Å². The van der Waals surface area contributed by atoms with E-state index in [9.17, 15) is 14.7 Å². The predicted molar refractivity (Wildman–Crippen MR) is 213 cm³/mol. The van der Waals surface area contributed by atoms with E-state index in [1.54, 1.807) is 0 Å². The molecule has 2 amide bonds. The summed E-state index contributed by atoms with van der Waals surface area (Å²) in [6, 6.07) is 0. The first-order valence-electron chi connectivity index (χ1n) is 21.9. The molecule has 0 bridgehead atoms. The van der Waals surface area contributed by atoms with Crippen LogP contribution in [0.1, 0.15) is 219 Å². The number of unbranched alkanes of at least 4 members (excludes halogenated alkanes) is 28. The van der Waals surface area contributed by atoms with E-state index < -0.39 is 0 Å². The number of hydrogen-bond donors (Lipinski definition) is 3. The van der Waals surface area contributed by atoms with Crippen molar-refractivity contribution in [2.45, 2.75) is 219 Å². The van der Waals surface area contributed by atoms with E-state index in [0.29, 0.717) is 37.0 Å². The molecule has 0 aromatic carbocycles. The number of amides is 2. The van der Waals surface area contributed by atoms with E-state index in [0.717, 1.165) is 38.8 Å². The van der Waals surface area contributed by atoms with Crippen LogP contribution in [0.3, 0.4) is 0 Å². The number of nitrogens with zero attached hydrogens (tertiary/aromatic N) is 1. The number of quaternary nitrogens is 1. The van der Waals surface area contributed by atoms with Gasteiger partial charge in [0.2, 0.25) is 11.8 Å². The van der Waals surface area contributed by atoms with Crippen molar-refractivity contribution in [2.75, 3.05) is 46.4 Å². The lowest BCUT2D eigenvalue weighted by Gasteiger charge is -2.34. The third kappa shape index (κ3) is 36.5. The van der Waals surface area contributed by atoms with Gasteiger partial charge in [-0.2, -0.15) is 0 Å². The van der Waals surface area contributed by atoms with Crippen molar-refractivity contribution in [2.24, 2.45) is 0 Å². The lowest BCUT2D eigenvalue weighted by atomic mass is 10.0. The first-order chi connectivity index (χ1) is 24.0. The zero-order valence-corrected chi connectivity index (χ0v) is 33.6. The van der Waals surface area contributed by atoms with Crippen molar-refractivity contribution in [3.8, 4) is 0 Å². The Morgan fingerprint density at radius 3 is 0.898 bits per heavy atom. The third-order valence-electron chi connectivity index (χ3n) is 10.6. The minimum absolute atomic E-state index is 0.108. The molecule has 0 aromatic rings. The molecule has 0 aliphatic carbocycles. The summed E-state index contributed by atoms with van der Waals surface area (Å²) in [5.41, 5.74) is 0. The Morgan fingerprint density at radius 2 is 0.653 bits per heavy atom. The van der Waals surface area contributed by atoms with Gasteiger partial charge in [0.25, 0.3) is 0 Å². The molecular formula is C43H88N3O3+. The van der Waals surface area contributed by atoms with Gasteiger partial charge in [-0.15, -0.1) is 0 Å². The summed E-state index contributed by atoms with van der Waals surface area (Å²) in [5, 5.41) is 15.8. The van der Waals surface area contributed by atoms with Gasteiger partial charge in [-0.1, -0.05) is 194 Å². The zero-order chi connectivity index (χ0) is 35.9. The van der Waals surface area contributed by atoms with E-state index in [4.69, 9.17) is 0 Å². The van der Waals surface area contributed by atoms with E-state index in [1.165, 1.54) is 167 Å². The van der Waals surface area contributed by atoms with Crippen LogP contribution in [0, 0.1) is 0 Å². The van der Waals surface area contributed by atoms with Gasteiger partial charge in [-0.25, -0.2) is 0 Å². The monoisotopic (exact) mass is 695 g/mol. The number of likely N-dealkylation sites (N-methyl/N-ethyl adjacent to an activating group) is 1. The van der Waals surface area contributed by atoms with Crippen LogP contribution >= 0.6 is 0 Å². The lowest BCUT2D eigenvalue weighted by molar-refractivity contribution is -0.907. The molecule has 0 unspecified atom stereocenters. The Kier molecular flexibility index (Phi) is 37.2. The highest BCUT2D eigenvalue weighted by Crippen LogP contribution is 2.15. The number of aliphatic hydroxyl groups is 1. The zero-order valence-electron chi connectivity index (χ0n) is 33.6. The van der Waals surface area contributed by atoms with Gasteiger partial charge in [0, 0.05) is 12.8 Å². The molecule has 0 rings (SSSR count). The van der Waals surface area contributed by atoms with E-state index in [2.05, 4.69) is 31.5 Å². The molecule has 0 saturated carbocycles. The van der Waals surface area contributed by atoms with Crippen molar-refractivity contribution in [3.05, 3.63) is 0 Å². The molecule has 0 radical (unpaired) electrons. The molecule has 0 aromatic heterocycles. The third-order valence-corrected chi connectivity index (χ3v) is 10.6. The fraction of sp³-hybridized carbons (Fsp3) is 0.953. The molecule has 3 N–H and O–H groups in total. The Hall–Kier alpha value is -1.14. The van der Waals surface area contributed by atoms with Crippen molar-refractivity contribution >= 4 is 11.8 Å². The molecular weight excluding hydrogens is 606 g/mol. The fourth-order valence-electron chi connectivity index (χ4n) is 7.00. The molecule has 0 aliphatic rings. The molecule has 292 valence electrons. The number of aliphatic hydroxyl groups excluding tert-OH is 1. The summed E-state index contributed by atoms with van der Waals surface area (Å²) in [7, 11) is 2.11. The van der Waals surface area contributed by atoms with Crippen LogP contribution in [0.25, 0.3) is 0 Å². The molecule has 0 spiro atoms. The van der Waals surface area contributed by atoms with Gasteiger partial charge >= 0.3 is 0 Å². The predicted octanol–water partition coefficient (Wildman–Crippen LogP) is 11.2. The van der Waals surface area contributed by atoms with Gasteiger partial charge in [-0.05, 0) is 12.8 Å². The van der Waals surface area contributed by atoms with Crippen LogP contribution in [0.5, 0.6) is 0 Å². The summed E-state index contributed by atoms with van der Waals surface area (Å²) in [4.78, 5) is 24.8. The Balaban J connectivity index is 3.68. The van der Waals surface area contributed by atoms with E-state index in [-0.39, 0.29) is 18.4 Å². The van der Waals surface area contributed by atoms with Gasteiger partial charge < -0.3 is 20.2 Å². The summed E-state index contributed by atoms with van der Waals surface area (Å²) >= 11 is 0. The van der Waals surface area contributed by atoms with Crippen molar-refractivity contribution in [3.63, 3.8) is 0 Å². The normalized spacial score (nSPS) is 11.7. The van der Waals surface area contributed by atoms with E-state index >= 15 is 0 Å². The maximum Gasteiger partial charge on any atom is 0.220 e. The van der Waals surface area contributed by atoms with Crippen molar-refractivity contribution in [1.82, 2.24) is 10.6 Å². The Labute approximate surface area is 306 Å². The van der Waals surface area contributed by atoms with Crippen LogP contribution in [0.2, 0.25) is 0 Å². The number of carbonyl (C=O) groups excluding carboxylic acids is 2. The van der Waals surface area contributed by atoms with Crippen LogP contribution in [0.4, 0.5) is 0 Å². The summed E-state index contributed by atoms with van der Waals surface area (Å²) in [5.74, 6) is 0.282. The first-order valence-corrected chi connectivity index (χ1v) is 21.9. The smallest absolute Gasteiger partial charge is 0.220 e. The molecule has 0 heterocycles. The van der Waals surface area contributed by atoms with Crippen LogP contribution in [-0.2, 0) is 9.59 Å². The van der Waals surface area contributed by atoms with Gasteiger partial charge in [0.15, 0.2) is 0 Å². The maximum absolute atomic E-state index is 12.4. The van der Waals surface area contributed by atoms with Crippen LogP contribution < -0.4 is 10.6 Å². The average molecular weight is 695 g/mol. The largest absolute Gasteiger partial charge is 0.391 e. The fourth-order valence-corrected chi connectivity index (χ4v) is 7.00. The topological polar surface area (TPSA) is 78.4 Å². The van der Waals surface area contributed by atoms with Gasteiger partial charge in [0.1, 0.15) is 6.54 Å². The highest BCUT2D eigenvalue weighted by Gasteiger charge is 2.21. The number of hydrogen-bond acceptors (Lipinski definition) is 3. The minimum atomic E-state index is 0.108. The standard InChI is InChI=1S/C43H87N3O3/c1-4-6-8-10-12-14-16-18-20-22-24-26-28-30-32-34-42(48)44-36-38-46(3,40-41-47)39-37-45-43(49)35-33-31-29-27-25-23-21-19-17-15-13-11-9-7-5-2/h47H,4-41H2,1-3H3,(H-,44,45,48,49)/p+1. The second kappa shape index (κ2) is 38.1.